The van der Waals surface area contributed by atoms with E-state index >= 15 is 0 Å². The van der Waals surface area contributed by atoms with Crippen LogP contribution in [-0.4, -0.2) is 50.6 Å². The van der Waals surface area contributed by atoms with Crippen LogP contribution in [0.3, 0.4) is 0 Å². The molecule has 1 aliphatic rings. The SMILES string of the molecule is CCn1ncc2c(C(=O)N3CCC(NC(=O)c4ccsc4)CC3)cc(-c3ccccc3)nc21. The van der Waals surface area contributed by atoms with Crippen LogP contribution in [0.2, 0.25) is 0 Å². The van der Waals surface area contributed by atoms with Crippen molar-refractivity contribution in [1.29, 1.82) is 0 Å². The summed E-state index contributed by atoms with van der Waals surface area (Å²) >= 11 is 1.51. The van der Waals surface area contributed by atoms with Crippen molar-refractivity contribution in [3.05, 3.63) is 70.5 Å². The molecular formula is C25H25N5O2S. The van der Waals surface area contributed by atoms with Crippen molar-refractivity contribution in [2.75, 3.05) is 13.1 Å². The van der Waals surface area contributed by atoms with E-state index in [0.717, 1.165) is 35.1 Å². The lowest BCUT2D eigenvalue weighted by Gasteiger charge is -2.32. The van der Waals surface area contributed by atoms with E-state index in [0.29, 0.717) is 30.8 Å². The average molecular weight is 460 g/mol. The van der Waals surface area contributed by atoms with Crippen LogP contribution in [0.4, 0.5) is 0 Å². The molecule has 168 valence electrons. The first-order valence-corrected chi connectivity index (χ1v) is 12.1. The van der Waals surface area contributed by atoms with Gasteiger partial charge in [-0.15, -0.1) is 0 Å². The summed E-state index contributed by atoms with van der Waals surface area (Å²) in [7, 11) is 0. The Kier molecular flexibility index (Phi) is 5.92. The number of carbonyl (C=O) groups is 2. The lowest BCUT2D eigenvalue weighted by atomic mass is 10.0. The van der Waals surface area contributed by atoms with Crippen molar-refractivity contribution in [1.82, 2.24) is 25.0 Å². The molecule has 33 heavy (non-hydrogen) atoms. The smallest absolute Gasteiger partial charge is 0.254 e. The summed E-state index contributed by atoms with van der Waals surface area (Å²) in [6.07, 6.45) is 3.20. The van der Waals surface area contributed by atoms with Crippen molar-refractivity contribution < 1.29 is 9.59 Å². The maximum atomic E-state index is 13.6. The number of piperidine rings is 1. The highest BCUT2D eigenvalue weighted by Crippen LogP contribution is 2.27. The Morgan fingerprint density at radius 3 is 2.64 bits per heavy atom. The fraction of sp³-hybridized carbons (Fsp3) is 0.280. The van der Waals surface area contributed by atoms with E-state index in [1.165, 1.54) is 11.3 Å². The fourth-order valence-electron chi connectivity index (χ4n) is 4.27. The number of likely N-dealkylation sites (tertiary alicyclic amines) is 1. The van der Waals surface area contributed by atoms with Gasteiger partial charge >= 0.3 is 0 Å². The number of aromatic nitrogens is 3. The molecule has 1 aromatic carbocycles. The van der Waals surface area contributed by atoms with Gasteiger partial charge in [0.05, 0.1) is 22.8 Å². The van der Waals surface area contributed by atoms with E-state index in [1.807, 2.05) is 69.7 Å². The highest BCUT2D eigenvalue weighted by atomic mass is 32.1. The van der Waals surface area contributed by atoms with Crippen LogP contribution in [0, 0.1) is 0 Å². The molecule has 1 N–H and O–H groups in total. The van der Waals surface area contributed by atoms with Gasteiger partial charge in [0.1, 0.15) is 0 Å². The molecule has 0 aliphatic carbocycles. The lowest BCUT2D eigenvalue weighted by molar-refractivity contribution is 0.0700. The summed E-state index contributed by atoms with van der Waals surface area (Å²) < 4.78 is 1.82. The zero-order valence-corrected chi connectivity index (χ0v) is 19.2. The quantitative estimate of drug-likeness (QED) is 0.485. The summed E-state index contributed by atoms with van der Waals surface area (Å²) in [5, 5.41) is 12.1. The normalized spacial score (nSPS) is 14.5. The van der Waals surface area contributed by atoms with E-state index in [1.54, 1.807) is 6.20 Å². The van der Waals surface area contributed by atoms with Gasteiger partial charge in [-0.3, -0.25) is 9.59 Å². The van der Waals surface area contributed by atoms with Crippen LogP contribution in [0.1, 0.15) is 40.5 Å². The first kappa shape index (κ1) is 21.3. The molecule has 0 radical (unpaired) electrons. The molecule has 0 saturated carbocycles. The van der Waals surface area contributed by atoms with Crippen molar-refractivity contribution in [2.24, 2.45) is 0 Å². The third kappa shape index (κ3) is 4.26. The number of amides is 2. The number of benzene rings is 1. The first-order chi connectivity index (χ1) is 16.1. The molecule has 0 spiro atoms. The fourth-order valence-corrected chi connectivity index (χ4v) is 4.91. The van der Waals surface area contributed by atoms with Gasteiger partial charge in [-0.25, -0.2) is 9.67 Å². The predicted octanol–water partition coefficient (Wildman–Crippen LogP) is 4.21. The Morgan fingerprint density at radius 1 is 1.15 bits per heavy atom. The van der Waals surface area contributed by atoms with Gasteiger partial charge in [0.25, 0.3) is 11.8 Å². The minimum Gasteiger partial charge on any atom is -0.349 e. The van der Waals surface area contributed by atoms with E-state index in [-0.39, 0.29) is 17.9 Å². The number of fused-ring (bicyclic) bond motifs is 1. The number of thiophene rings is 1. The third-order valence-corrected chi connectivity index (χ3v) is 6.79. The summed E-state index contributed by atoms with van der Waals surface area (Å²) in [6, 6.07) is 13.7. The van der Waals surface area contributed by atoms with Crippen molar-refractivity contribution in [3.8, 4) is 11.3 Å². The van der Waals surface area contributed by atoms with Gasteiger partial charge < -0.3 is 10.2 Å². The van der Waals surface area contributed by atoms with Gasteiger partial charge in [-0.2, -0.15) is 16.4 Å². The maximum absolute atomic E-state index is 13.6. The molecule has 3 aromatic heterocycles. The molecule has 1 saturated heterocycles. The second-order valence-corrected chi connectivity index (χ2v) is 8.95. The number of hydrogen-bond donors (Lipinski definition) is 1. The van der Waals surface area contributed by atoms with Crippen LogP contribution >= 0.6 is 11.3 Å². The Hall–Kier alpha value is -3.52. The van der Waals surface area contributed by atoms with E-state index in [4.69, 9.17) is 4.98 Å². The Morgan fingerprint density at radius 2 is 1.94 bits per heavy atom. The second-order valence-electron chi connectivity index (χ2n) is 8.17. The third-order valence-electron chi connectivity index (χ3n) is 6.11. The Labute approximate surface area is 196 Å². The van der Waals surface area contributed by atoms with Crippen molar-refractivity contribution in [2.45, 2.75) is 32.4 Å². The van der Waals surface area contributed by atoms with Crippen LogP contribution in [0.5, 0.6) is 0 Å². The summed E-state index contributed by atoms with van der Waals surface area (Å²) in [4.78, 5) is 32.6. The zero-order chi connectivity index (χ0) is 22.8. The summed E-state index contributed by atoms with van der Waals surface area (Å²) in [5.41, 5.74) is 3.77. The molecule has 4 aromatic rings. The molecule has 1 fully saturated rings. The van der Waals surface area contributed by atoms with Gasteiger partial charge in [0, 0.05) is 42.2 Å². The molecule has 2 amide bonds. The number of rotatable bonds is 5. The maximum Gasteiger partial charge on any atom is 0.254 e. The minimum absolute atomic E-state index is 0.0159. The van der Waals surface area contributed by atoms with E-state index < -0.39 is 0 Å². The number of hydrogen-bond acceptors (Lipinski definition) is 5. The number of pyridine rings is 1. The minimum atomic E-state index is -0.0450. The summed E-state index contributed by atoms with van der Waals surface area (Å²) in [6.45, 7) is 3.89. The second kappa shape index (κ2) is 9.15. The number of aryl methyl sites for hydroxylation is 1. The largest absolute Gasteiger partial charge is 0.349 e. The first-order valence-electron chi connectivity index (χ1n) is 11.2. The lowest BCUT2D eigenvalue weighted by Crippen LogP contribution is -2.46. The Balaban J connectivity index is 1.37. The van der Waals surface area contributed by atoms with Gasteiger partial charge in [-0.05, 0) is 37.3 Å². The highest BCUT2D eigenvalue weighted by molar-refractivity contribution is 7.08. The van der Waals surface area contributed by atoms with Crippen LogP contribution in [0.15, 0.2) is 59.4 Å². The van der Waals surface area contributed by atoms with E-state index in [9.17, 15) is 9.59 Å². The van der Waals surface area contributed by atoms with E-state index in [2.05, 4.69) is 10.4 Å². The predicted molar refractivity (Wildman–Crippen MR) is 129 cm³/mol. The molecule has 7 nitrogen and oxygen atoms in total. The molecule has 0 bridgehead atoms. The molecule has 0 atom stereocenters. The zero-order valence-electron chi connectivity index (χ0n) is 18.4. The number of nitrogens with zero attached hydrogens (tertiary/aromatic N) is 4. The molecule has 4 heterocycles. The molecule has 5 rings (SSSR count). The Bertz CT molecular complexity index is 1280. The highest BCUT2D eigenvalue weighted by Gasteiger charge is 2.27. The number of nitrogens with one attached hydrogen (secondary N) is 1. The van der Waals surface area contributed by atoms with Crippen molar-refractivity contribution >= 4 is 34.2 Å². The standard InChI is InChI=1S/C25H25N5O2S/c1-2-30-23-21(15-26-30)20(14-22(28-23)17-6-4-3-5-7-17)25(32)29-11-8-19(9-12-29)27-24(31)18-10-13-33-16-18/h3-7,10,13-16,19H,2,8-9,11-12H2,1H3,(H,27,31). The van der Waals surface area contributed by atoms with Gasteiger partial charge in [0.2, 0.25) is 0 Å². The molecule has 1 aliphatic heterocycles. The van der Waals surface area contributed by atoms with Gasteiger partial charge in [-0.1, -0.05) is 30.3 Å². The number of carbonyl (C=O) groups excluding carboxylic acids is 2. The van der Waals surface area contributed by atoms with Crippen LogP contribution < -0.4 is 5.32 Å². The summed E-state index contributed by atoms with van der Waals surface area (Å²) in [5.74, 6) is -0.0609. The molecular weight excluding hydrogens is 434 g/mol. The van der Waals surface area contributed by atoms with Gasteiger partial charge in [0.15, 0.2) is 5.65 Å². The van der Waals surface area contributed by atoms with Crippen LogP contribution in [-0.2, 0) is 6.54 Å². The topological polar surface area (TPSA) is 80.1 Å². The average Bonchev–Trinajstić information content (AvgIpc) is 3.54. The monoisotopic (exact) mass is 459 g/mol. The molecule has 0 unspecified atom stereocenters. The van der Waals surface area contributed by atoms with Crippen molar-refractivity contribution in [3.63, 3.8) is 0 Å². The molecule has 8 heteroatoms. The van der Waals surface area contributed by atoms with Crippen LogP contribution in [0.25, 0.3) is 22.3 Å².